The number of rotatable bonds is 6. The maximum absolute atomic E-state index is 13.5. The first-order valence-corrected chi connectivity index (χ1v) is 9.81. The summed E-state index contributed by atoms with van der Waals surface area (Å²) < 4.78 is 0. The number of carbonyl (C=O) groups is 1. The van der Waals surface area contributed by atoms with Crippen molar-refractivity contribution in [3.8, 4) is 0 Å². The molecule has 2 fully saturated rings. The monoisotopic (exact) mass is 384 g/mol. The SMILES string of the molecule is CN(C(=O)C1(c2ccccc2)CC1)C(CN1CCCC1)c1ccccc1.Cl. The Balaban J connectivity index is 0.00000210. The maximum atomic E-state index is 13.5. The normalized spacial score (nSPS) is 19.1. The fourth-order valence-electron chi connectivity index (χ4n) is 4.32. The largest absolute Gasteiger partial charge is 0.337 e. The summed E-state index contributed by atoms with van der Waals surface area (Å²) in [6.07, 6.45) is 4.47. The van der Waals surface area contributed by atoms with Gasteiger partial charge < -0.3 is 9.80 Å². The number of amides is 1. The van der Waals surface area contributed by atoms with Gasteiger partial charge in [-0.05, 0) is 49.9 Å². The van der Waals surface area contributed by atoms with Crippen molar-refractivity contribution >= 4 is 18.3 Å². The Bertz CT molecular complexity index is 739. The molecule has 0 N–H and O–H groups in total. The van der Waals surface area contributed by atoms with Gasteiger partial charge in [-0.1, -0.05) is 60.7 Å². The van der Waals surface area contributed by atoms with Crippen LogP contribution in [0.4, 0.5) is 0 Å². The number of likely N-dealkylation sites (N-methyl/N-ethyl adjacent to an activating group) is 1. The van der Waals surface area contributed by atoms with E-state index in [2.05, 4.69) is 41.3 Å². The minimum Gasteiger partial charge on any atom is -0.337 e. The molecule has 144 valence electrons. The average Bonchev–Trinajstić information content (AvgIpc) is 3.35. The third-order valence-corrected chi connectivity index (χ3v) is 6.09. The Kier molecular flexibility index (Phi) is 6.23. The number of halogens is 1. The molecule has 2 aromatic carbocycles. The highest BCUT2D eigenvalue weighted by molar-refractivity contribution is 5.91. The third kappa shape index (κ3) is 4.04. The second kappa shape index (κ2) is 8.45. The van der Waals surface area contributed by atoms with Gasteiger partial charge in [-0.15, -0.1) is 12.4 Å². The van der Waals surface area contributed by atoms with E-state index in [1.54, 1.807) is 0 Å². The zero-order valence-electron chi connectivity index (χ0n) is 16.0. The molecule has 27 heavy (non-hydrogen) atoms. The highest BCUT2D eigenvalue weighted by atomic mass is 35.5. The quantitative estimate of drug-likeness (QED) is 0.735. The number of benzene rings is 2. The van der Waals surface area contributed by atoms with Crippen LogP contribution in [0.2, 0.25) is 0 Å². The molecule has 0 aromatic heterocycles. The molecular weight excluding hydrogens is 356 g/mol. The Morgan fingerprint density at radius 1 is 1.00 bits per heavy atom. The predicted molar refractivity (Wildman–Crippen MR) is 112 cm³/mol. The summed E-state index contributed by atoms with van der Waals surface area (Å²) >= 11 is 0. The molecule has 1 heterocycles. The number of carbonyl (C=O) groups excluding carboxylic acids is 1. The van der Waals surface area contributed by atoms with Crippen LogP contribution < -0.4 is 0 Å². The summed E-state index contributed by atoms with van der Waals surface area (Å²) in [7, 11) is 2.00. The van der Waals surface area contributed by atoms with Crippen molar-refractivity contribution in [1.29, 1.82) is 0 Å². The van der Waals surface area contributed by atoms with Gasteiger partial charge in [0, 0.05) is 13.6 Å². The molecule has 4 rings (SSSR count). The first-order chi connectivity index (χ1) is 12.7. The number of hydrogen-bond donors (Lipinski definition) is 0. The van der Waals surface area contributed by atoms with E-state index >= 15 is 0 Å². The molecule has 0 bridgehead atoms. The minimum atomic E-state index is -0.298. The van der Waals surface area contributed by atoms with E-state index in [0.717, 1.165) is 32.5 Å². The van der Waals surface area contributed by atoms with Crippen LogP contribution in [0, 0.1) is 0 Å². The third-order valence-electron chi connectivity index (χ3n) is 6.09. The molecule has 1 atom stereocenters. The van der Waals surface area contributed by atoms with Gasteiger partial charge in [0.15, 0.2) is 0 Å². The van der Waals surface area contributed by atoms with Gasteiger partial charge in [0.25, 0.3) is 0 Å². The van der Waals surface area contributed by atoms with Crippen LogP contribution in [0.3, 0.4) is 0 Å². The average molecular weight is 385 g/mol. The van der Waals surface area contributed by atoms with E-state index in [4.69, 9.17) is 0 Å². The highest BCUT2D eigenvalue weighted by Gasteiger charge is 2.53. The number of hydrogen-bond acceptors (Lipinski definition) is 2. The lowest BCUT2D eigenvalue weighted by atomic mass is 9.93. The fraction of sp³-hybridized carbons (Fsp3) is 0.435. The van der Waals surface area contributed by atoms with E-state index < -0.39 is 0 Å². The van der Waals surface area contributed by atoms with Crippen molar-refractivity contribution < 1.29 is 4.79 Å². The van der Waals surface area contributed by atoms with Gasteiger partial charge in [-0.25, -0.2) is 0 Å². The number of likely N-dealkylation sites (tertiary alicyclic amines) is 1. The van der Waals surface area contributed by atoms with E-state index in [9.17, 15) is 4.79 Å². The summed E-state index contributed by atoms with van der Waals surface area (Å²) in [6.45, 7) is 3.22. The Hall–Kier alpha value is -1.84. The molecular formula is C23H29ClN2O. The lowest BCUT2D eigenvalue weighted by Crippen LogP contribution is -2.43. The van der Waals surface area contributed by atoms with Crippen molar-refractivity contribution in [2.24, 2.45) is 0 Å². The highest BCUT2D eigenvalue weighted by Crippen LogP contribution is 2.50. The minimum absolute atomic E-state index is 0. The van der Waals surface area contributed by atoms with Crippen molar-refractivity contribution in [3.05, 3.63) is 71.8 Å². The predicted octanol–water partition coefficient (Wildman–Crippen LogP) is 4.44. The lowest BCUT2D eigenvalue weighted by Gasteiger charge is -2.34. The van der Waals surface area contributed by atoms with Crippen LogP contribution in [-0.4, -0.2) is 42.4 Å². The van der Waals surface area contributed by atoms with Crippen LogP contribution in [0.5, 0.6) is 0 Å². The Morgan fingerprint density at radius 2 is 1.56 bits per heavy atom. The van der Waals surface area contributed by atoms with Crippen LogP contribution in [0.25, 0.3) is 0 Å². The zero-order valence-corrected chi connectivity index (χ0v) is 16.8. The first-order valence-electron chi connectivity index (χ1n) is 9.81. The molecule has 1 aliphatic carbocycles. The van der Waals surface area contributed by atoms with Crippen LogP contribution in [0.15, 0.2) is 60.7 Å². The summed E-state index contributed by atoms with van der Waals surface area (Å²) in [5.41, 5.74) is 2.11. The summed E-state index contributed by atoms with van der Waals surface area (Å²) in [6, 6.07) is 21.0. The molecule has 0 radical (unpaired) electrons. The van der Waals surface area contributed by atoms with E-state index in [-0.39, 0.29) is 29.8 Å². The zero-order chi connectivity index (χ0) is 18.0. The fourth-order valence-corrected chi connectivity index (χ4v) is 4.32. The van der Waals surface area contributed by atoms with Gasteiger partial charge in [-0.2, -0.15) is 0 Å². The molecule has 2 aliphatic rings. The molecule has 2 aromatic rings. The van der Waals surface area contributed by atoms with E-state index in [1.807, 2.05) is 36.2 Å². The van der Waals surface area contributed by atoms with E-state index in [1.165, 1.54) is 24.0 Å². The Labute approximate surface area is 168 Å². The Morgan fingerprint density at radius 3 is 2.11 bits per heavy atom. The molecule has 1 aliphatic heterocycles. The summed E-state index contributed by atoms with van der Waals surface area (Å²) in [4.78, 5) is 18.0. The first kappa shape index (κ1) is 19.9. The molecule has 1 unspecified atom stereocenters. The molecule has 1 saturated carbocycles. The van der Waals surface area contributed by atoms with Gasteiger partial charge in [0.05, 0.1) is 11.5 Å². The summed E-state index contributed by atoms with van der Waals surface area (Å²) in [5.74, 6) is 0.275. The molecule has 1 saturated heterocycles. The summed E-state index contributed by atoms with van der Waals surface area (Å²) in [5, 5.41) is 0. The van der Waals surface area contributed by atoms with Crippen LogP contribution >= 0.6 is 12.4 Å². The second-order valence-corrected chi connectivity index (χ2v) is 7.80. The maximum Gasteiger partial charge on any atom is 0.233 e. The number of nitrogens with zero attached hydrogens (tertiary/aromatic N) is 2. The second-order valence-electron chi connectivity index (χ2n) is 7.80. The van der Waals surface area contributed by atoms with Gasteiger partial charge >= 0.3 is 0 Å². The van der Waals surface area contributed by atoms with Crippen molar-refractivity contribution in [1.82, 2.24) is 9.80 Å². The molecule has 3 nitrogen and oxygen atoms in total. The topological polar surface area (TPSA) is 23.6 Å². The van der Waals surface area contributed by atoms with Gasteiger partial charge in [0.1, 0.15) is 0 Å². The van der Waals surface area contributed by atoms with Crippen molar-refractivity contribution in [3.63, 3.8) is 0 Å². The van der Waals surface area contributed by atoms with Gasteiger partial charge in [0.2, 0.25) is 5.91 Å². The van der Waals surface area contributed by atoms with Gasteiger partial charge in [-0.3, -0.25) is 4.79 Å². The smallest absolute Gasteiger partial charge is 0.233 e. The van der Waals surface area contributed by atoms with Crippen LogP contribution in [0.1, 0.15) is 42.9 Å². The molecule has 0 spiro atoms. The van der Waals surface area contributed by atoms with Crippen LogP contribution in [-0.2, 0) is 10.2 Å². The molecule has 4 heteroatoms. The van der Waals surface area contributed by atoms with E-state index in [0.29, 0.717) is 0 Å². The standard InChI is InChI=1S/C23H28N2O.ClH/c1-24(22(26)23(14-15-23)20-12-6-3-7-13-20)21(18-25-16-8-9-17-25)19-10-4-2-5-11-19;/h2-7,10-13,21H,8-9,14-18H2,1H3;1H. The van der Waals surface area contributed by atoms with Crippen molar-refractivity contribution in [2.45, 2.75) is 37.1 Å². The lowest BCUT2D eigenvalue weighted by molar-refractivity contribution is -0.135. The molecule has 1 amide bonds. The van der Waals surface area contributed by atoms with Crippen molar-refractivity contribution in [2.75, 3.05) is 26.7 Å².